The molecule has 4 fully saturated rings. The van der Waals surface area contributed by atoms with E-state index in [1.165, 1.54) is 26.4 Å². The van der Waals surface area contributed by atoms with Gasteiger partial charge >= 0.3 is 0 Å². The van der Waals surface area contributed by atoms with E-state index in [0.717, 1.165) is 31.1 Å². The van der Waals surface area contributed by atoms with E-state index in [1.807, 2.05) is 35.2 Å². The first kappa shape index (κ1) is 33.0. The van der Waals surface area contributed by atoms with Crippen LogP contribution in [0.15, 0.2) is 54.1 Å². The number of ether oxygens (including phenoxy) is 2. The van der Waals surface area contributed by atoms with Crippen LogP contribution in [-0.2, 0) is 16.0 Å². The monoisotopic (exact) mass is 742 g/mol. The van der Waals surface area contributed by atoms with Crippen LogP contribution in [0.3, 0.4) is 0 Å². The topological polar surface area (TPSA) is 125 Å². The Morgan fingerprint density at radius 2 is 1.76 bits per heavy atom. The van der Waals surface area contributed by atoms with Crippen molar-refractivity contribution in [3.63, 3.8) is 0 Å². The normalized spacial score (nSPS) is 29.5. The molecule has 0 aliphatic heterocycles. The minimum Gasteiger partial charge on any atom is -0.493 e. The maximum atomic E-state index is 14.4. The Bertz CT molecular complexity index is 1440. The van der Waals surface area contributed by atoms with Gasteiger partial charge in [-0.3, -0.25) is 14.4 Å². The number of carbonyl (C=O) groups is 3. The van der Waals surface area contributed by atoms with Crippen molar-refractivity contribution in [2.45, 2.75) is 69.6 Å². The molecule has 3 unspecified atom stereocenters. The zero-order chi connectivity index (χ0) is 32.4. The summed E-state index contributed by atoms with van der Waals surface area (Å²) in [5, 5.41) is 24.2. The maximum absolute atomic E-state index is 14.4. The van der Waals surface area contributed by atoms with Crippen LogP contribution in [0, 0.1) is 26.7 Å². The molecule has 0 aromatic heterocycles. The van der Waals surface area contributed by atoms with Gasteiger partial charge in [0.15, 0.2) is 11.5 Å². The Morgan fingerprint density at radius 3 is 2.37 bits per heavy atom. The zero-order valence-electron chi connectivity index (χ0n) is 26.2. The van der Waals surface area contributed by atoms with Crippen molar-refractivity contribution in [3.8, 4) is 11.5 Å². The molecule has 46 heavy (non-hydrogen) atoms. The van der Waals surface area contributed by atoms with Crippen LogP contribution >= 0.6 is 22.6 Å². The molecule has 3 N–H and O–H groups in total. The predicted molar refractivity (Wildman–Crippen MR) is 181 cm³/mol. The van der Waals surface area contributed by atoms with Gasteiger partial charge in [0, 0.05) is 30.6 Å². The molecule has 3 atom stereocenters. The zero-order valence-corrected chi connectivity index (χ0v) is 28.4. The minimum absolute atomic E-state index is 0.000896. The van der Waals surface area contributed by atoms with Crippen molar-refractivity contribution >= 4 is 40.7 Å². The van der Waals surface area contributed by atoms with E-state index < -0.39 is 18.2 Å². The van der Waals surface area contributed by atoms with Crippen LogP contribution in [0.4, 0.5) is 0 Å². The molecule has 2 amide bonds. The van der Waals surface area contributed by atoms with Gasteiger partial charge in [0.1, 0.15) is 18.5 Å². The smallest absolute Gasteiger partial charge is 0.247 e. The minimum atomic E-state index is -1.14. The van der Waals surface area contributed by atoms with Crippen molar-refractivity contribution < 1.29 is 34.1 Å². The molecule has 0 radical (unpaired) electrons. The van der Waals surface area contributed by atoms with Crippen LogP contribution in [-0.4, -0.2) is 78.3 Å². The Kier molecular flexibility index (Phi) is 10.1. The van der Waals surface area contributed by atoms with Gasteiger partial charge < -0.3 is 29.9 Å². The highest BCUT2D eigenvalue weighted by molar-refractivity contribution is 14.1. The highest BCUT2D eigenvalue weighted by Gasteiger charge is 2.53. The molecule has 4 saturated carbocycles. The number of methoxy groups -OCH3 is 1. The van der Waals surface area contributed by atoms with Crippen molar-refractivity contribution in [2.24, 2.45) is 23.2 Å². The second-order valence-corrected chi connectivity index (χ2v) is 14.9. The molecular weight excluding hydrogens is 699 g/mol. The van der Waals surface area contributed by atoms with Crippen LogP contribution in [0.5, 0.6) is 11.5 Å². The number of aliphatic hydroxyl groups is 2. The van der Waals surface area contributed by atoms with E-state index in [1.54, 1.807) is 18.2 Å². The number of nitrogens with zero attached hydrogens (tertiary/aromatic N) is 1. The van der Waals surface area contributed by atoms with E-state index >= 15 is 0 Å². The number of halogens is 1. The summed E-state index contributed by atoms with van der Waals surface area (Å²) in [5.41, 5.74) is 1.70. The SMILES string of the molecule is COc1cc(C=O)cc(I)c1OC1C=C(C(=O)NCCO)CC(N(CC23CC4CC(CC(C4)C2)C3)C(=O)Cc2ccccc2)C1O. The molecule has 2 aromatic rings. The summed E-state index contributed by atoms with van der Waals surface area (Å²) in [6, 6.07) is 12.2. The number of hydrogen-bond donors (Lipinski definition) is 3. The quantitative estimate of drug-likeness (QED) is 0.219. The van der Waals surface area contributed by atoms with E-state index in [-0.39, 0.29) is 43.2 Å². The lowest BCUT2D eigenvalue weighted by Gasteiger charge is -2.58. The average Bonchev–Trinajstić information content (AvgIpc) is 3.04. The standard InChI is InChI=1S/C36H43IN2O7/c1-45-31-13-26(20-41)12-28(37)34(31)46-30-16-27(35(44)38-7-8-40)15-29(33(30)43)39(32(42)14-22-5-3-2-4-6-22)21-36-17-23-9-24(18-36)11-25(10-23)19-36/h2-6,12-13,16,20,23-25,29-30,33,40,43H,7-11,14-15,17-19,21H2,1H3,(H,38,44). The summed E-state index contributed by atoms with van der Waals surface area (Å²) < 4.78 is 12.6. The van der Waals surface area contributed by atoms with Crippen molar-refractivity contribution in [1.82, 2.24) is 10.2 Å². The van der Waals surface area contributed by atoms with E-state index in [4.69, 9.17) is 9.47 Å². The summed E-state index contributed by atoms with van der Waals surface area (Å²) in [7, 11) is 1.48. The Balaban J connectivity index is 1.36. The lowest BCUT2D eigenvalue weighted by atomic mass is 9.49. The molecule has 0 heterocycles. The fourth-order valence-electron chi connectivity index (χ4n) is 8.95. The number of benzene rings is 2. The molecule has 10 heteroatoms. The van der Waals surface area contributed by atoms with Gasteiger partial charge in [-0.25, -0.2) is 0 Å². The highest BCUT2D eigenvalue weighted by atomic mass is 127. The maximum Gasteiger partial charge on any atom is 0.247 e. The molecule has 9 nitrogen and oxygen atoms in total. The lowest BCUT2D eigenvalue weighted by molar-refractivity contribution is -0.146. The second-order valence-electron chi connectivity index (χ2n) is 13.8. The van der Waals surface area contributed by atoms with Gasteiger partial charge in [0.05, 0.1) is 29.7 Å². The first-order valence-corrected chi connectivity index (χ1v) is 17.4. The molecule has 246 valence electrons. The predicted octanol–water partition coefficient (Wildman–Crippen LogP) is 4.32. The first-order chi connectivity index (χ1) is 22.2. The number of carbonyl (C=O) groups excluding carboxylic acids is 3. The molecule has 0 saturated heterocycles. The van der Waals surface area contributed by atoms with Crippen molar-refractivity contribution in [1.29, 1.82) is 0 Å². The van der Waals surface area contributed by atoms with Gasteiger partial charge in [-0.05, 0) is 108 Å². The Hall–Kier alpha value is -2.96. The van der Waals surface area contributed by atoms with Crippen molar-refractivity contribution in [2.75, 3.05) is 26.8 Å². The highest BCUT2D eigenvalue weighted by Crippen LogP contribution is 2.60. The van der Waals surface area contributed by atoms with Gasteiger partial charge in [0.2, 0.25) is 11.8 Å². The van der Waals surface area contributed by atoms with E-state index in [2.05, 4.69) is 27.9 Å². The fraction of sp³-hybridized carbons (Fsp3) is 0.528. The third kappa shape index (κ3) is 6.99. The summed E-state index contributed by atoms with van der Waals surface area (Å²) in [4.78, 5) is 41.1. The molecule has 0 spiro atoms. The van der Waals surface area contributed by atoms with Crippen LogP contribution in [0.2, 0.25) is 0 Å². The van der Waals surface area contributed by atoms with Crippen LogP contribution in [0.1, 0.15) is 60.9 Å². The van der Waals surface area contributed by atoms with Crippen LogP contribution < -0.4 is 14.8 Å². The summed E-state index contributed by atoms with van der Waals surface area (Å²) in [5.74, 6) is 2.28. The Labute approximate surface area is 283 Å². The first-order valence-electron chi connectivity index (χ1n) is 16.3. The lowest BCUT2D eigenvalue weighted by Crippen LogP contribution is -2.60. The largest absolute Gasteiger partial charge is 0.493 e. The van der Waals surface area contributed by atoms with E-state index in [0.29, 0.717) is 50.5 Å². The van der Waals surface area contributed by atoms with Crippen molar-refractivity contribution in [3.05, 3.63) is 68.8 Å². The van der Waals surface area contributed by atoms with Gasteiger partial charge in [-0.15, -0.1) is 0 Å². The molecule has 4 bridgehead atoms. The number of hydrogen-bond acceptors (Lipinski definition) is 7. The summed E-state index contributed by atoms with van der Waals surface area (Å²) in [6.45, 7) is 0.409. The molecule has 2 aromatic carbocycles. The molecule has 5 aliphatic carbocycles. The van der Waals surface area contributed by atoms with Gasteiger partial charge in [0.25, 0.3) is 0 Å². The average molecular weight is 743 g/mol. The van der Waals surface area contributed by atoms with Crippen LogP contribution in [0.25, 0.3) is 0 Å². The van der Waals surface area contributed by atoms with E-state index in [9.17, 15) is 24.6 Å². The summed E-state index contributed by atoms with van der Waals surface area (Å²) >= 11 is 2.06. The number of aldehydes is 1. The summed E-state index contributed by atoms with van der Waals surface area (Å²) in [6.07, 6.45) is 7.67. The second kappa shape index (κ2) is 14.0. The third-order valence-corrected chi connectivity index (χ3v) is 11.2. The third-order valence-electron chi connectivity index (χ3n) is 10.4. The number of rotatable bonds is 12. The van der Waals surface area contributed by atoms with Gasteiger partial charge in [-0.2, -0.15) is 0 Å². The number of nitrogens with one attached hydrogen (secondary N) is 1. The Morgan fingerprint density at radius 1 is 1.09 bits per heavy atom. The number of amides is 2. The molecule has 7 rings (SSSR count). The molecular formula is C36H43IN2O7. The number of aliphatic hydroxyl groups excluding tert-OH is 2. The van der Waals surface area contributed by atoms with Gasteiger partial charge in [-0.1, -0.05) is 30.3 Å². The fourth-order valence-corrected chi connectivity index (χ4v) is 9.70. The molecule has 5 aliphatic rings.